The molecular formula is C18H26N2O5S. The Morgan fingerprint density at radius 1 is 1.27 bits per heavy atom. The van der Waals surface area contributed by atoms with E-state index in [0.717, 1.165) is 25.7 Å². The van der Waals surface area contributed by atoms with E-state index in [9.17, 15) is 18.0 Å². The Balaban J connectivity index is 2.33. The summed E-state index contributed by atoms with van der Waals surface area (Å²) in [7, 11) is -3.74. The molecule has 0 unspecified atom stereocenters. The van der Waals surface area contributed by atoms with Crippen molar-refractivity contribution < 1.29 is 23.1 Å². The van der Waals surface area contributed by atoms with Gasteiger partial charge in [-0.2, -0.15) is 0 Å². The molecule has 1 aromatic rings. The molecule has 1 fully saturated rings. The standard InChI is InChI=1S/C18H26N2O5S/c1-12(2)20(11-17(21)22)18(23)14-9-8-13(3)16(10-14)26(24,25)19-15-6-4-5-7-15/h8-10,12,15,19H,4-7,11H2,1-3H3,(H,21,22). The highest BCUT2D eigenvalue weighted by molar-refractivity contribution is 7.89. The number of carboxylic acids is 1. The summed E-state index contributed by atoms with van der Waals surface area (Å²) in [6.07, 6.45) is 3.64. The van der Waals surface area contributed by atoms with Gasteiger partial charge in [-0.15, -0.1) is 0 Å². The number of carboxylic acid groups (broad SMARTS) is 1. The van der Waals surface area contributed by atoms with Crippen LogP contribution in [-0.2, 0) is 14.8 Å². The molecule has 8 heteroatoms. The van der Waals surface area contributed by atoms with Gasteiger partial charge in [-0.1, -0.05) is 18.9 Å². The van der Waals surface area contributed by atoms with Crippen LogP contribution in [0.2, 0.25) is 0 Å². The highest BCUT2D eigenvalue weighted by Gasteiger charge is 2.27. The number of carbonyl (C=O) groups is 2. The number of hydrogen-bond acceptors (Lipinski definition) is 4. The van der Waals surface area contributed by atoms with Crippen molar-refractivity contribution >= 4 is 21.9 Å². The summed E-state index contributed by atoms with van der Waals surface area (Å²) >= 11 is 0. The number of carbonyl (C=O) groups excluding carboxylic acids is 1. The molecule has 1 saturated carbocycles. The van der Waals surface area contributed by atoms with Crippen molar-refractivity contribution in [2.75, 3.05) is 6.54 Å². The van der Waals surface area contributed by atoms with Crippen molar-refractivity contribution in [3.05, 3.63) is 29.3 Å². The number of nitrogens with zero attached hydrogens (tertiary/aromatic N) is 1. The molecule has 0 bridgehead atoms. The third kappa shape index (κ3) is 4.82. The Bertz CT molecular complexity index is 783. The number of sulfonamides is 1. The van der Waals surface area contributed by atoms with Crippen LogP contribution in [0.3, 0.4) is 0 Å². The first-order chi connectivity index (χ1) is 12.1. The fourth-order valence-electron chi connectivity index (χ4n) is 3.15. The molecule has 1 aliphatic rings. The van der Waals surface area contributed by atoms with Crippen LogP contribution in [0, 0.1) is 6.92 Å². The van der Waals surface area contributed by atoms with Gasteiger partial charge in [-0.05, 0) is 51.3 Å². The van der Waals surface area contributed by atoms with Gasteiger partial charge in [0, 0.05) is 17.6 Å². The minimum atomic E-state index is -3.74. The van der Waals surface area contributed by atoms with E-state index in [-0.39, 0.29) is 22.5 Å². The molecule has 0 aromatic heterocycles. The summed E-state index contributed by atoms with van der Waals surface area (Å²) in [5, 5.41) is 9.02. The molecule has 2 N–H and O–H groups in total. The van der Waals surface area contributed by atoms with Crippen molar-refractivity contribution in [2.45, 2.75) is 63.4 Å². The highest BCUT2D eigenvalue weighted by Crippen LogP contribution is 2.23. The lowest BCUT2D eigenvalue weighted by Gasteiger charge is -2.25. The SMILES string of the molecule is Cc1ccc(C(=O)N(CC(=O)O)C(C)C)cc1S(=O)(=O)NC1CCCC1. The number of hydrogen-bond donors (Lipinski definition) is 2. The maximum Gasteiger partial charge on any atom is 0.323 e. The first-order valence-electron chi connectivity index (χ1n) is 8.77. The van der Waals surface area contributed by atoms with Gasteiger partial charge in [-0.3, -0.25) is 9.59 Å². The Kier molecular flexibility index (Phi) is 6.41. The smallest absolute Gasteiger partial charge is 0.323 e. The van der Waals surface area contributed by atoms with Crippen molar-refractivity contribution in [2.24, 2.45) is 0 Å². The van der Waals surface area contributed by atoms with E-state index in [2.05, 4.69) is 4.72 Å². The average molecular weight is 382 g/mol. The number of amides is 1. The van der Waals surface area contributed by atoms with Crippen molar-refractivity contribution in [3.63, 3.8) is 0 Å². The zero-order valence-electron chi connectivity index (χ0n) is 15.4. The van der Waals surface area contributed by atoms with Crippen LogP contribution in [0.4, 0.5) is 0 Å². The molecule has 1 aromatic carbocycles. The lowest BCUT2D eigenvalue weighted by atomic mass is 10.1. The molecule has 7 nitrogen and oxygen atoms in total. The Hall–Kier alpha value is -1.93. The van der Waals surface area contributed by atoms with Crippen molar-refractivity contribution in [1.82, 2.24) is 9.62 Å². The minimum Gasteiger partial charge on any atom is -0.480 e. The van der Waals surface area contributed by atoms with Gasteiger partial charge >= 0.3 is 5.97 Å². The van der Waals surface area contributed by atoms with E-state index in [1.54, 1.807) is 26.8 Å². The molecule has 0 spiro atoms. The van der Waals surface area contributed by atoms with Crippen LogP contribution in [0.25, 0.3) is 0 Å². The largest absolute Gasteiger partial charge is 0.480 e. The monoisotopic (exact) mass is 382 g/mol. The summed E-state index contributed by atoms with van der Waals surface area (Å²) in [4.78, 5) is 25.0. The summed E-state index contributed by atoms with van der Waals surface area (Å²) in [6, 6.07) is 4.06. The summed E-state index contributed by atoms with van der Waals surface area (Å²) in [5.41, 5.74) is 0.707. The first-order valence-corrected chi connectivity index (χ1v) is 10.3. The zero-order chi connectivity index (χ0) is 19.5. The van der Waals surface area contributed by atoms with E-state index in [1.165, 1.54) is 17.0 Å². The van der Waals surface area contributed by atoms with Crippen LogP contribution in [0.1, 0.15) is 55.5 Å². The summed E-state index contributed by atoms with van der Waals surface area (Å²) < 4.78 is 28.2. The molecule has 0 atom stereocenters. The predicted octanol–water partition coefficient (Wildman–Crippen LogP) is 2.15. The van der Waals surface area contributed by atoms with Gasteiger partial charge in [0.2, 0.25) is 10.0 Å². The summed E-state index contributed by atoms with van der Waals surface area (Å²) in [5.74, 6) is -1.62. The number of nitrogens with one attached hydrogen (secondary N) is 1. The normalized spacial score (nSPS) is 15.4. The van der Waals surface area contributed by atoms with E-state index in [1.807, 2.05) is 0 Å². The van der Waals surface area contributed by atoms with Gasteiger partial charge < -0.3 is 10.0 Å². The quantitative estimate of drug-likeness (QED) is 0.752. The van der Waals surface area contributed by atoms with Gasteiger partial charge in [0.1, 0.15) is 6.54 Å². The van der Waals surface area contributed by atoms with Crippen LogP contribution in [-0.4, -0.2) is 48.9 Å². The molecule has 0 radical (unpaired) electrons. The number of rotatable bonds is 7. The first kappa shape index (κ1) is 20.4. The van der Waals surface area contributed by atoms with E-state index >= 15 is 0 Å². The lowest BCUT2D eigenvalue weighted by molar-refractivity contribution is -0.138. The van der Waals surface area contributed by atoms with Crippen LogP contribution in [0.5, 0.6) is 0 Å². The van der Waals surface area contributed by atoms with Crippen LogP contribution in [0.15, 0.2) is 23.1 Å². The molecule has 0 aliphatic heterocycles. The molecule has 26 heavy (non-hydrogen) atoms. The molecular weight excluding hydrogens is 356 g/mol. The summed E-state index contributed by atoms with van der Waals surface area (Å²) in [6.45, 7) is 4.67. The fraction of sp³-hybridized carbons (Fsp3) is 0.556. The van der Waals surface area contributed by atoms with Gasteiger partial charge in [-0.25, -0.2) is 13.1 Å². The Morgan fingerprint density at radius 3 is 2.42 bits per heavy atom. The molecule has 1 amide bonds. The maximum absolute atomic E-state index is 12.7. The molecule has 0 heterocycles. The molecule has 0 saturated heterocycles. The van der Waals surface area contributed by atoms with E-state index < -0.39 is 28.4 Å². The number of aliphatic carboxylic acids is 1. The number of benzene rings is 1. The fourth-order valence-corrected chi connectivity index (χ4v) is 4.73. The predicted molar refractivity (Wildman–Crippen MR) is 97.6 cm³/mol. The number of aryl methyl sites for hydroxylation is 1. The third-order valence-corrected chi connectivity index (χ3v) is 6.25. The van der Waals surface area contributed by atoms with Gasteiger partial charge in [0.25, 0.3) is 5.91 Å². The maximum atomic E-state index is 12.7. The molecule has 2 rings (SSSR count). The second-order valence-corrected chi connectivity index (χ2v) is 8.69. The van der Waals surface area contributed by atoms with Gasteiger partial charge in [0.15, 0.2) is 0 Å². The van der Waals surface area contributed by atoms with E-state index in [4.69, 9.17) is 5.11 Å². The average Bonchev–Trinajstić information content (AvgIpc) is 3.04. The lowest BCUT2D eigenvalue weighted by Crippen LogP contribution is -2.40. The van der Waals surface area contributed by atoms with Crippen LogP contribution >= 0.6 is 0 Å². The van der Waals surface area contributed by atoms with E-state index in [0.29, 0.717) is 5.56 Å². The molecule has 144 valence electrons. The van der Waals surface area contributed by atoms with Crippen molar-refractivity contribution in [1.29, 1.82) is 0 Å². The van der Waals surface area contributed by atoms with Gasteiger partial charge in [0.05, 0.1) is 4.90 Å². The topological polar surface area (TPSA) is 104 Å². The minimum absolute atomic E-state index is 0.0641. The second kappa shape index (κ2) is 8.18. The van der Waals surface area contributed by atoms with Crippen LogP contribution < -0.4 is 4.72 Å². The Labute approximate surface area is 154 Å². The highest BCUT2D eigenvalue weighted by atomic mass is 32.2. The second-order valence-electron chi connectivity index (χ2n) is 7.00. The van der Waals surface area contributed by atoms with Crippen molar-refractivity contribution in [3.8, 4) is 0 Å². The Morgan fingerprint density at radius 2 is 1.88 bits per heavy atom. The molecule has 1 aliphatic carbocycles. The zero-order valence-corrected chi connectivity index (χ0v) is 16.2. The third-order valence-electron chi connectivity index (χ3n) is 4.59.